The molecule has 0 aliphatic heterocycles. The molecule has 5 aromatic carbocycles. The Balaban J connectivity index is 1.29. The van der Waals surface area contributed by atoms with Gasteiger partial charge >= 0.3 is 0 Å². The van der Waals surface area contributed by atoms with Crippen LogP contribution >= 0.6 is 0 Å². The van der Waals surface area contributed by atoms with E-state index in [0.29, 0.717) is 47.6 Å². The van der Waals surface area contributed by atoms with Gasteiger partial charge in [0.15, 0.2) is 23.1 Å². The highest BCUT2D eigenvalue weighted by Gasteiger charge is 2.34. The summed E-state index contributed by atoms with van der Waals surface area (Å²) in [5.41, 5.74) is 5.05. The maximum absolute atomic E-state index is 14.7. The lowest BCUT2D eigenvalue weighted by Crippen LogP contribution is -2.47. The first-order valence-electron chi connectivity index (χ1n) is 24.5. The van der Waals surface area contributed by atoms with E-state index in [9.17, 15) is 39.0 Å². The predicted molar refractivity (Wildman–Crippen MR) is 277 cm³/mol. The van der Waals surface area contributed by atoms with Crippen molar-refractivity contribution < 1.29 is 48.4 Å². The summed E-state index contributed by atoms with van der Waals surface area (Å²) in [6.07, 6.45) is 1.98. The van der Waals surface area contributed by atoms with Gasteiger partial charge in [0.05, 0.1) is 39.1 Å². The second-order valence-electron chi connectivity index (χ2n) is 19.2. The number of hydrogen-bond donors (Lipinski definition) is 5. The molecule has 3 amide bonds. The molecule has 0 saturated heterocycles. The molecule has 0 fully saturated rings. The number of hydrogen-bond acceptors (Lipinski definition) is 11. The molecule has 5 aromatic rings. The van der Waals surface area contributed by atoms with Crippen LogP contribution < -0.4 is 35.6 Å². The minimum Gasteiger partial charge on any atom is -0.508 e. The Morgan fingerprint density at radius 2 is 1.26 bits per heavy atom. The topological polar surface area (TPSA) is 207 Å². The normalized spacial score (nSPS) is 14.5. The van der Waals surface area contributed by atoms with Gasteiger partial charge in [0.1, 0.15) is 11.5 Å². The van der Waals surface area contributed by atoms with Gasteiger partial charge < -0.3 is 40.4 Å². The minimum absolute atomic E-state index is 0.000435. The van der Waals surface area contributed by atoms with Crippen LogP contribution in [0.2, 0.25) is 0 Å². The number of aromatic hydroxyl groups is 2. The smallest absolute Gasteiger partial charge is 0.228 e. The van der Waals surface area contributed by atoms with Crippen LogP contribution in [0.5, 0.6) is 28.7 Å². The molecule has 0 radical (unpaired) electrons. The Morgan fingerprint density at radius 3 is 1.82 bits per heavy atom. The van der Waals surface area contributed by atoms with E-state index in [2.05, 4.69) is 16.0 Å². The summed E-state index contributed by atoms with van der Waals surface area (Å²) in [6, 6.07) is 27.0. The molecule has 0 unspecified atom stereocenters. The number of carbonyl (C=O) groups excluding carboxylic acids is 5. The predicted octanol–water partition coefficient (Wildman–Crippen LogP) is 8.44. The number of nitrogens with one attached hydrogen (secondary N) is 3. The number of benzene rings is 4. The van der Waals surface area contributed by atoms with Gasteiger partial charge in [0.25, 0.3) is 0 Å². The van der Waals surface area contributed by atoms with Gasteiger partial charge in [-0.25, -0.2) is 0 Å². The number of amides is 3. The zero-order valence-electron chi connectivity index (χ0n) is 42.2. The maximum Gasteiger partial charge on any atom is 0.228 e. The molecule has 0 spiro atoms. The number of phenolic OH excluding ortho intramolecular Hbond substituents is 2. The molecule has 14 nitrogen and oxygen atoms in total. The molecule has 14 heteroatoms. The van der Waals surface area contributed by atoms with Crippen LogP contribution in [0.4, 0.5) is 5.69 Å². The highest BCUT2D eigenvalue weighted by molar-refractivity contribution is 5.98. The number of ketones is 2. The summed E-state index contributed by atoms with van der Waals surface area (Å²) >= 11 is 0. The Bertz CT molecular complexity index is 2780. The van der Waals surface area contributed by atoms with Crippen LogP contribution in [0.1, 0.15) is 93.5 Å². The first-order chi connectivity index (χ1) is 34.5. The standard InChI is InChI=1S/C58H67N3O11/c1-34(2)27-49(61-58(69)41(28-38-14-20-43(63)21-15-38)30-50(65)47(59-36(4)62)25-18-37-11-9-8-10-12-37)51(66)31-42(29-39-16-22-44(64)23-17-39)57(68)60-48-26-24-45-46(33-52(48)67)35(3)13-19-40-32-53(70-5)55(71-6)56(72-7)54(40)45/h8-12,14-17,20-24,26,32-35,41-42,47,49,63-64H,13,18-19,25,27-31H2,1-7H3,(H,59,62)(H,61,69)(H,60,67,68)/t35-,41+,42+,47-,49-/m0/s1. The first-order valence-corrected chi connectivity index (χ1v) is 24.5. The third kappa shape index (κ3) is 14.1. The first kappa shape index (κ1) is 53.9. The number of anilines is 1. The molecular formula is C58H67N3O11. The highest BCUT2D eigenvalue weighted by atomic mass is 16.5. The van der Waals surface area contributed by atoms with E-state index in [4.69, 9.17) is 14.2 Å². The fraction of sp³-hybridized carbons (Fsp3) is 0.379. The molecule has 380 valence electrons. The molecule has 6 rings (SSSR count). The maximum atomic E-state index is 14.7. The number of fused-ring (bicyclic) bond motifs is 3. The summed E-state index contributed by atoms with van der Waals surface area (Å²) in [4.78, 5) is 84.4. The molecule has 1 aliphatic carbocycles. The van der Waals surface area contributed by atoms with Crippen molar-refractivity contribution in [3.8, 4) is 39.9 Å². The largest absolute Gasteiger partial charge is 0.508 e. The quantitative estimate of drug-likeness (QED) is 0.0420. The van der Waals surface area contributed by atoms with E-state index in [1.807, 2.05) is 57.2 Å². The second kappa shape index (κ2) is 25.1. The molecule has 0 bridgehead atoms. The average Bonchev–Trinajstić information content (AvgIpc) is 3.59. The van der Waals surface area contributed by atoms with Crippen LogP contribution in [0.3, 0.4) is 0 Å². The number of methoxy groups -OCH3 is 3. The van der Waals surface area contributed by atoms with E-state index < -0.39 is 46.9 Å². The molecular weight excluding hydrogens is 915 g/mol. The third-order valence-electron chi connectivity index (χ3n) is 13.3. The molecule has 0 heterocycles. The molecule has 72 heavy (non-hydrogen) atoms. The molecule has 5 N–H and O–H groups in total. The lowest BCUT2D eigenvalue weighted by Gasteiger charge is -2.26. The van der Waals surface area contributed by atoms with E-state index in [0.717, 1.165) is 34.2 Å². The van der Waals surface area contributed by atoms with Crippen molar-refractivity contribution in [1.82, 2.24) is 10.6 Å². The number of carbonyl (C=O) groups is 5. The van der Waals surface area contributed by atoms with Crippen LogP contribution in [-0.2, 0) is 49.7 Å². The summed E-state index contributed by atoms with van der Waals surface area (Å²) < 4.78 is 17.3. The van der Waals surface area contributed by atoms with Crippen molar-refractivity contribution in [1.29, 1.82) is 0 Å². The summed E-state index contributed by atoms with van der Waals surface area (Å²) in [5, 5.41) is 28.7. The number of rotatable bonds is 23. The zero-order chi connectivity index (χ0) is 52.1. The van der Waals surface area contributed by atoms with Crippen LogP contribution in [0.15, 0.2) is 108 Å². The summed E-state index contributed by atoms with van der Waals surface area (Å²) in [6.45, 7) is 7.19. The fourth-order valence-corrected chi connectivity index (χ4v) is 9.51. The van der Waals surface area contributed by atoms with E-state index in [1.54, 1.807) is 50.6 Å². The van der Waals surface area contributed by atoms with Gasteiger partial charge in [0, 0.05) is 37.2 Å². The second-order valence-corrected chi connectivity index (χ2v) is 19.2. The van der Waals surface area contributed by atoms with Gasteiger partial charge in [0.2, 0.25) is 28.9 Å². The lowest BCUT2D eigenvalue weighted by molar-refractivity contribution is -0.134. The average molecular weight is 982 g/mol. The van der Waals surface area contributed by atoms with Crippen molar-refractivity contribution in [3.63, 3.8) is 0 Å². The van der Waals surface area contributed by atoms with E-state index in [1.165, 1.54) is 44.4 Å². The lowest BCUT2D eigenvalue weighted by atomic mass is 9.87. The molecule has 5 atom stereocenters. The van der Waals surface area contributed by atoms with Gasteiger partial charge in [-0.05, 0) is 133 Å². The molecule has 0 aromatic heterocycles. The fourth-order valence-electron chi connectivity index (χ4n) is 9.51. The summed E-state index contributed by atoms with van der Waals surface area (Å²) in [7, 11) is 4.63. The van der Waals surface area contributed by atoms with Crippen molar-refractivity contribution in [2.75, 3.05) is 26.6 Å². The number of ether oxygens (including phenoxy) is 3. The Hall–Kier alpha value is -7.48. The zero-order valence-corrected chi connectivity index (χ0v) is 42.2. The highest BCUT2D eigenvalue weighted by Crippen LogP contribution is 2.50. The summed E-state index contributed by atoms with van der Waals surface area (Å²) in [5.74, 6) is -3.06. The van der Waals surface area contributed by atoms with Crippen LogP contribution in [0, 0.1) is 17.8 Å². The molecule has 0 saturated carbocycles. The number of Topliss-reactive ketones (excluding diaryl/α,β-unsaturated/α-hetero) is 2. The monoisotopic (exact) mass is 981 g/mol. The number of aryl methyl sites for hydroxylation is 2. The Labute approximate surface area is 421 Å². The van der Waals surface area contributed by atoms with Crippen LogP contribution in [0.25, 0.3) is 11.1 Å². The van der Waals surface area contributed by atoms with Crippen molar-refractivity contribution >= 4 is 35.0 Å². The van der Waals surface area contributed by atoms with Gasteiger partial charge in [-0.3, -0.25) is 28.8 Å². The molecule has 1 aliphatic rings. The Morgan fingerprint density at radius 1 is 0.681 bits per heavy atom. The SMILES string of the molecule is COc1cc2c(c(OC)c1OC)-c1ccc(NC(=O)[C@@H](CC(=O)[C@H](CC(C)C)NC(=O)[C@@H](CC(=O)[C@H](CCc3ccccc3)NC(C)=O)Cc3ccc(O)cc3)Cc3ccc(O)cc3)c(=O)cc1[C@@H](C)CC2. The third-order valence-corrected chi connectivity index (χ3v) is 13.3. The minimum atomic E-state index is -1.07. The van der Waals surface area contributed by atoms with Gasteiger partial charge in [-0.1, -0.05) is 81.4 Å². The van der Waals surface area contributed by atoms with Crippen molar-refractivity contribution in [2.45, 2.75) is 103 Å². The van der Waals surface area contributed by atoms with E-state index >= 15 is 0 Å². The van der Waals surface area contributed by atoms with Crippen molar-refractivity contribution in [2.24, 2.45) is 17.8 Å². The number of phenols is 2. The Kier molecular flexibility index (Phi) is 18.8. The van der Waals surface area contributed by atoms with Gasteiger partial charge in [-0.15, -0.1) is 0 Å². The van der Waals surface area contributed by atoms with E-state index in [-0.39, 0.29) is 72.8 Å². The van der Waals surface area contributed by atoms with Crippen molar-refractivity contribution in [3.05, 3.63) is 141 Å². The van der Waals surface area contributed by atoms with Crippen LogP contribution in [-0.4, -0.2) is 72.9 Å². The van der Waals surface area contributed by atoms with Gasteiger partial charge in [-0.2, -0.15) is 0 Å².